The average molecular weight is 276 g/mol. The summed E-state index contributed by atoms with van der Waals surface area (Å²) in [5.41, 5.74) is 8.18. The molecule has 0 aliphatic rings. The van der Waals surface area contributed by atoms with E-state index in [1.165, 1.54) is 5.56 Å². The number of hydrogen-bond donors (Lipinski definition) is 1. The molecule has 0 spiro atoms. The Morgan fingerprint density at radius 2 is 1.95 bits per heavy atom. The molecule has 2 aromatic rings. The van der Waals surface area contributed by atoms with Gasteiger partial charge in [-0.05, 0) is 42.3 Å². The van der Waals surface area contributed by atoms with Crippen LogP contribution in [0.5, 0.6) is 0 Å². The van der Waals surface area contributed by atoms with Gasteiger partial charge in [-0.25, -0.2) is 4.98 Å². The van der Waals surface area contributed by atoms with E-state index in [0.717, 1.165) is 22.9 Å². The van der Waals surface area contributed by atoms with Gasteiger partial charge in [-0.15, -0.1) is 0 Å². The van der Waals surface area contributed by atoms with Crippen molar-refractivity contribution in [2.75, 3.05) is 11.9 Å². The van der Waals surface area contributed by atoms with Gasteiger partial charge in [0, 0.05) is 30.9 Å². The van der Waals surface area contributed by atoms with Crippen molar-refractivity contribution in [3.8, 4) is 0 Å². The number of anilines is 1. The number of rotatable bonds is 4. The predicted molar refractivity (Wildman–Crippen MR) is 80.4 cm³/mol. The van der Waals surface area contributed by atoms with E-state index in [-0.39, 0.29) is 6.04 Å². The molecule has 0 amide bonds. The third-order valence-corrected chi connectivity index (χ3v) is 3.27. The van der Waals surface area contributed by atoms with E-state index in [2.05, 4.69) is 9.88 Å². The summed E-state index contributed by atoms with van der Waals surface area (Å²) in [6.45, 7) is 2.75. The number of benzene rings is 1. The number of nitrogens with zero attached hydrogens (tertiary/aromatic N) is 2. The van der Waals surface area contributed by atoms with Crippen LogP contribution in [-0.2, 0) is 6.54 Å². The lowest BCUT2D eigenvalue weighted by Gasteiger charge is -2.19. The summed E-state index contributed by atoms with van der Waals surface area (Å²) in [7, 11) is 2.02. The second-order valence-electron chi connectivity index (χ2n) is 4.72. The minimum absolute atomic E-state index is 0.0191. The first-order chi connectivity index (χ1) is 9.06. The molecule has 0 aliphatic carbocycles. The molecule has 0 saturated carbocycles. The first-order valence-corrected chi connectivity index (χ1v) is 6.61. The van der Waals surface area contributed by atoms with Crippen molar-refractivity contribution < 1.29 is 0 Å². The summed E-state index contributed by atoms with van der Waals surface area (Å²) in [6.07, 6.45) is 1.80. The molecule has 0 saturated heterocycles. The molecule has 0 radical (unpaired) electrons. The molecule has 0 unspecified atom stereocenters. The van der Waals surface area contributed by atoms with Gasteiger partial charge in [-0.2, -0.15) is 0 Å². The van der Waals surface area contributed by atoms with E-state index in [9.17, 15) is 0 Å². The van der Waals surface area contributed by atoms with Crippen molar-refractivity contribution in [1.82, 2.24) is 4.98 Å². The summed E-state index contributed by atoms with van der Waals surface area (Å²) in [5.74, 6) is 0.921. The van der Waals surface area contributed by atoms with E-state index in [4.69, 9.17) is 17.3 Å². The molecule has 4 heteroatoms. The maximum Gasteiger partial charge on any atom is 0.128 e. The second kappa shape index (κ2) is 6.04. The van der Waals surface area contributed by atoms with Gasteiger partial charge in [-0.3, -0.25) is 0 Å². The molecule has 1 aromatic carbocycles. The van der Waals surface area contributed by atoms with E-state index in [1.54, 1.807) is 6.20 Å². The van der Waals surface area contributed by atoms with E-state index < -0.39 is 0 Å². The van der Waals surface area contributed by atoms with Crippen molar-refractivity contribution in [3.05, 3.63) is 58.7 Å². The Bertz CT molecular complexity index is 537. The van der Waals surface area contributed by atoms with Gasteiger partial charge < -0.3 is 10.6 Å². The van der Waals surface area contributed by atoms with Crippen LogP contribution in [0, 0.1) is 0 Å². The van der Waals surface area contributed by atoms with E-state index >= 15 is 0 Å². The maximum absolute atomic E-state index is 5.89. The number of nitrogens with two attached hydrogens (primary N) is 1. The highest BCUT2D eigenvalue weighted by Crippen LogP contribution is 2.18. The minimum atomic E-state index is 0.0191. The lowest BCUT2D eigenvalue weighted by molar-refractivity contribution is 0.809. The Morgan fingerprint density at radius 3 is 2.58 bits per heavy atom. The topological polar surface area (TPSA) is 42.1 Å². The molecular weight excluding hydrogens is 258 g/mol. The smallest absolute Gasteiger partial charge is 0.128 e. The van der Waals surface area contributed by atoms with Gasteiger partial charge in [-0.1, -0.05) is 23.7 Å². The molecule has 100 valence electrons. The van der Waals surface area contributed by atoms with Gasteiger partial charge in [0.15, 0.2) is 0 Å². The second-order valence-corrected chi connectivity index (χ2v) is 5.16. The first kappa shape index (κ1) is 13.8. The Hall–Kier alpha value is -1.58. The highest BCUT2D eigenvalue weighted by molar-refractivity contribution is 6.30. The Kier molecular flexibility index (Phi) is 4.40. The van der Waals surface area contributed by atoms with Crippen molar-refractivity contribution in [1.29, 1.82) is 0 Å². The molecule has 0 aliphatic heterocycles. The number of aromatic nitrogens is 1. The molecule has 1 aromatic heterocycles. The molecule has 1 heterocycles. The van der Waals surface area contributed by atoms with Crippen molar-refractivity contribution >= 4 is 17.4 Å². The summed E-state index contributed by atoms with van der Waals surface area (Å²) >= 11 is 5.88. The highest BCUT2D eigenvalue weighted by Gasteiger charge is 2.06. The molecule has 2 N–H and O–H groups in total. The fraction of sp³-hybridized carbons (Fsp3) is 0.267. The number of halogens is 1. The van der Waals surface area contributed by atoms with E-state index in [0.29, 0.717) is 0 Å². The van der Waals surface area contributed by atoms with Crippen LogP contribution >= 0.6 is 11.6 Å². The summed E-state index contributed by atoms with van der Waals surface area (Å²) in [4.78, 5) is 6.47. The van der Waals surface area contributed by atoms with Gasteiger partial charge in [0.2, 0.25) is 0 Å². The minimum Gasteiger partial charge on any atom is -0.355 e. The van der Waals surface area contributed by atoms with Crippen LogP contribution in [0.4, 0.5) is 5.82 Å². The maximum atomic E-state index is 5.89. The molecular formula is C15H18ClN3. The van der Waals surface area contributed by atoms with Gasteiger partial charge in [0.05, 0.1) is 0 Å². The van der Waals surface area contributed by atoms with Crippen LogP contribution in [0.1, 0.15) is 24.1 Å². The fourth-order valence-corrected chi connectivity index (χ4v) is 2.00. The molecule has 1 atom stereocenters. The monoisotopic (exact) mass is 275 g/mol. The Balaban J connectivity index is 2.13. The van der Waals surface area contributed by atoms with E-state index in [1.807, 2.05) is 50.4 Å². The quantitative estimate of drug-likeness (QED) is 0.930. The normalized spacial score (nSPS) is 12.2. The number of pyridine rings is 1. The third-order valence-electron chi connectivity index (χ3n) is 3.02. The van der Waals surface area contributed by atoms with Crippen LogP contribution in [0.25, 0.3) is 0 Å². The molecule has 2 rings (SSSR count). The van der Waals surface area contributed by atoms with Crippen molar-refractivity contribution in [2.45, 2.75) is 19.5 Å². The Labute approximate surface area is 119 Å². The SMILES string of the molecule is C[C@H](N)c1ccnc(N(C)Cc2ccc(Cl)cc2)c1. The van der Waals surface area contributed by atoms with Crippen LogP contribution in [0.15, 0.2) is 42.6 Å². The zero-order chi connectivity index (χ0) is 13.8. The largest absolute Gasteiger partial charge is 0.355 e. The zero-order valence-corrected chi connectivity index (χ0v) is 11.9. The van der Waals surface area contributed by atoms with Crippen LogP contribution in [0.3, 0.4) is 0 Å². The first-order valence-electron chi connectivity index (χ1n) is 6.23. The molecule has 19 heavy (non-hydrogen) atoms. The van der Waals surface area contributed by atoms with Crippen LogP contribution in [-0.4, -0.2) is 12.0 Å². The zero-order valence-electron chi connectivity index (χ0n) is 11.2. The Morgan fingerprint density at radius 1 is 1.26 bits per heavy atom. The van der Waals surface area contributed by atoms with Crippen LogP contribution in [0.2, 0.25) is 5.02 Å². The summed E-state index contributed by atoms with van der Waals surface area (Å²) in [6, 6.07) is 11.8. The van der Waals surface area contributed by atoms with Crippen LogP contribution < -0.4 is 10.6 Å². The molecule has 3 nitrogen and oxygen atoms in total. The third kappa shape index (κ3) is 3.69. The summed E-state index contributed by atoms with van der Waals surface area (Å²) in [5, 5.41) is 0.753. The van der Waals surface area contributed by atoms with Gasteiger partial charge in [0.25, 0.3) is 0 Å². The van der Waals surface area contributed by atoms with Gasteiger partial charge in [0.1, 0.15) is 5.82 Å². The lowest BCUT2D eigenvalue weighted by atomic mass is 10.1. The van der Waals surface area contributed by atoms with Crippen molar-refractivity contribution in [2.24, 2.45) is 5.73 Å². The standard InChI is InChI=1S/C15H18ClN3/c1-11(17)13-7-8-18-15(9-13)19(2)10-12-3-5-14(16)6-4-12/h3-9,11H,10,17H2,1-2H3/t11-/m0/s1. The van der Waals surface area contributed by atoms with Crippen molar-refractivity contribution in [3.63, 3.8) is 0 Å². The molecule has 0 fully saturated rings. The highest BCUT2D eigenvalue weighted by atomic mass is 35.5. The average Bonchev–Trinajstić information content (AvgIpc) is 2.41. The fourth-order valence-electron chi connectivity index (χ4n) is 1.87. The molecule has 0 bridgehead atoms. The van der Waals surface area contributed by atoms with Gasteiger partial charge >= 0.3 is 0 Å². The lowest BCUT2D eigenvalue weighted by Crippen LogP contribution is -2.18. The predicted octanol–water partition coefficient (Wildman–Crippen LogP) is 3.39. The summed E-state index contributed by atoms with van der Waals surface area (Å²) < 4.78 is 0. The number of hydrogen-bond acceptors (Lipinski definition) is 3.